The normalized spacial score (nSPS) is 10.3. The van der Waals surface area contributed by atoms with Crippen LogP contribution in [0.5, 0.6) is 5.75 Å². The Bertz CT molecular complexity index is 810. The molecule has 2 rings (SSSR count). The molecule has 0 spiro atoms. The summed E-state index contributed by atoms with van der Waals surface area (Å²) in [5.41, 5.74) is 1.76. The molecule has 0 saturated carbocycles. The molecule has 27 heavy (non-hydrogen) atoms. The number of ether oxygens (including phenoxy) is 1. The zero-order chi connectivity index (χ0) is 20.6. The molecular weight excluding hydrogens is 359 g/mol. The van der Waals surface area contributed by atoms with E-state index in [1.807, 2.05) is 13.8 Å². The van der Waals surface area contributed by atoms with Gasteiger partial charge in [0.15, 0.2) is 5.82 Å². The van der Waals surface area contributed by atoms with Gasteiger partial charge in [0.25, 0.3) is 0 Å². The average Bonchev–Trinajstić information content (AvgIpc) is 2.63. The van der Waals surface area contributed by atoms with Crippen LogP contribution in [0.3, 0.4) is 0 Å². The lowest BCUT2D eigenvalue weighted by molar-refractivity contribution is -0.274. The van der Waals surface area contributed by atoms with E-state index in [0.717, 1.165) is 0 Å². The monoisotopic (exact) mass is 381 g/mol. The number of aliphatic hydroxyl groups excluding tert-OH is 1. The van der Waals surface area contributed by atoms with E-state index >= 15 is 0 Å². The summed E-state index contributed by atoms with van der Waals surface area (Å²) in [7, 11) is 1.72. The van der Waals surface area contributed by atoms with Gasteiger partial charge in [-0.05, 0) is 38.1 Å². The predicted octanol–water partition coefficient (Wildman–Crippen LogP) is 4.29. The molecule has 146 valence electrons. The standard InChI is InChI=1S/C17H16F3N3O2.C2H6/c1-4-9-23(3)16-11(2)15(21-14(10-24)22-16)12-5-7-13(8-6-12)25-17(18,19)20;1-2/h5-8,24H,10H2,1-3H3;1-2H3. The first-order valence-electron chi connectivity index (χ1n) is 8.26. The zero-order valence-corrected chi connectivity index (χ0v) is 15.8. The molecule has 1 aromatic carbocycles. The minimum atomic E-state index is -4.74. The van der Waals surface area contributed by atoms with Crippen molar-refractivity contribution >= 4 is 5.82 Å². The van der Waals surface area contributed by atoms with Gasteiger partial charge in [-0.2, -0.15) is 0 Å². The third-order valence-electron chi connectivity index (χ3n) is 3.27. The van der Waals surface area contributed by atoms with Crippen LogP contribution in [0.15, 0.2) is 24.3 Å². The van der Waals surface area contributed by atoms with Crippen molar-refractivity contribution in [3.05, 3.63) is 35.7 Å². The molecule has 5 nitrogen and oxygen atoms in total. The molecule has 0 radical (unpaired) electrons. The Morgan fingerprint density at radius 2 is 1.74 bits per heavy atom. The van der Waals surface area contributed by atoms with Gasteiger partial charge in [-0.3, -0.25) is 4.90 Å². The van der Waals surface area contributed by atoms with Gasteiger partial charge in [0.1, 0.15) is 18.2 Å². The first-order valence-corrected chi connectivity index (χ1v) is 8.26. The number of anilines is 1. The van der Waals surface area contributed by atoms with Crippen LogP contribution in [0.1, 0.15) is 32.2 Å². The smallest absolute Gasteiger partial charge is 0.406 e. The third kappa shape index (κ3) is 6.15. The number of benzene rings is 1. The number of nitrogens with zero attached hydrogens (tertiary/aromatic N) is 3. The van der Waals surface area contributed by atoms with Crippen LogP contribution in [0.25, 0.3) is 11.3 Å². The number of aliphatic hydroxyl groups is 1. The molecule has 0 amide bonds. The quantitative estimate of drug-likeness (QED) is 0.633. The Morgan fingerprint density at radius 1 is 1.15 bits per heavy atom. The molecule has 0 aliphatic heterocycles. The van der Waals surface area contributed by atoms with Crippen molar-refractivity contribution < 1.29 is 23.0 Å². The molecule has 1 N–H and O–H groups in total. The average molecular weight is 381 g/mol. The van der Waals surface area contributed by atoms with Gasteiger partial charge >= 0.3 is 6.36 Å². The fraction of sp³-hybridized carbons (Fsp3) is 0.368. The van der Waals surface area contributed by atoms with Crippen molar-refractivity contribution in [3.8, 4) is 29.0 Å². The van der Waals surface area contributed by atoms with E-state index in [1.54, 1.807) is 25.8 Å². The van der Waals surface area contributed by atoms with Gasteiger partial charge in [0.05, 0.1) is 5.69 Å². The molecule has 0 unspecified atom stereocenters. The first-order chi connectivity index (χ1) is 12.7. The molecule has 8 heteroatoms. The fourth-order valence-electron chi connectivity index (χ4n) is 2.26. The highest BCUT2D eigenvalue weighted by molar-refractivity contribution is 5.70. The molecule has 1 aromatic heterocycles. The molecular formula is C19H22F3N3O2. The largest absolute Gasteiger partial charge is 0.573 e. The van der Waals surface area contributed by atoms with Crippen LogP contribution in [0.2, 0.25) is 0 Å². The Labute approximate surface area is 156 Å². The van der Waals surface area contributed by atoms with Crippen molar-refractivity contribution in [1.29, 1.82) is 0 Å². The van der Waals surface area contributed by atoms with Crippen LogP contribution in [0, 0.1) is 18.9 Å². The summed E-state index contributed by atoms with van der Waals surface area (Å²) in [6.07, 6.45) is -4.74. The van der Waals surface area contributed by atoms with Gasteiger partial charge < -0.3 is 9.84 Å². The molecule has 2 aromatic rings. The maximum absolute atomic E-state index is 12.3. The number of alkyl halides is 3. The lowest BCUT2D eigenvalue weighted by Gasteiger charge is -2.17. The maximum atomic E-state index is 12.3. The summed E-state index contributed by atoms with van der Waals surface area (Å²) in [4.78, 5) is 10.1. The molecule has 1 heterocycles. The Balaban J connectivity index is 0.00000176. The molecule has 0 fully saturated rings. The van der Waals surface area contributed by atoms with Gasteiger partial charge in [-0.1, -0.05) is 19.8 Å². The van der Waals surface area contributed by atoms with Gasteiger partial charge in [0.2, 0.25) is 0 Å². The van der Waals surface area contributed by atoms with Crippen molar-refractivity contribution in [3.63, 3.8) is 0 Å². The third-order valence-corrected chi connectivity index (χ3v) is 3.27. The van der Waals surface area contributed by atoms with Crippen molar-refractivity contribution in [2.75, 3.05) is 11.9 Å². The van der Waals surface area contributed by atoms with E-state index in [2.05, 4.69) is 26.7 Å². The summed E-state index contributed by atoms with van der Waals surface area (Å²) in [5, 5.41) is 9.38. The molecule has 0 saturated heterocycles. The molecule has 0 atom stereocenters. The topological polar surface area (TPSA) is 58.5 Å². The molecule has 0 bridgehead atoms. The van der Waals surface area contributed by atoms with E-state index in [1.165, 1.54) is 24.3 Å². The lowest BCUT2D eigenvalue weighted by Crippen LogP contribution is -2.17. The number of halogens is 3. The van der Waals surface area contributed by atoms with E-state index in [-0.39, 0.29) is 18.2 Å². The van der Waals surface area contributed by atoms with Gasteiger partial charge in [0, 0.05) is 24.2 Å². The van der Waals surface area contributed by atoms with Crippen LogP contribution in [0.4, 0.5) is 19.0 Å². The SMILES string of the molecule is CC.CC#CN(C)c1nc(CO)nc(-c2ccc(OC(F)(F)F)cc2)c1C. The predicted molar refractivity (Wildman–Crippen MR) is 98.0 cm³/mol. The lowest BCUT2D eigenvalue weighted by atomic mass is 10.1. The number of rotatable bonds is 4. The highest BCUT2D eigenvalue weighted by Gasteiger charge is 2.31. The van der Waals surface area contributed by atoms with E-state index < -0.39 is 6.36 Å². The Morgan fingerprint density at radius 3 is 2.22 bits per heavy atom. The number of hydrogen-bond donors (Lipinski definition) is 1. The van der Waals surface area contributed by atoms with Crippen molar-refractivity contribution in [2.24, 2.45) is 0 Å². The summed E-state index contributed by atoms with van der Waals surface area (Å²) in [5.74, 6) is 3.13. The van der Waals surface area contributed by atoms with Gasteiger partial charge in [-0.25, -0.2) is 9.97 Å². The summed E-state index contributed by atoms with van der Waals surface area (Å²) >= 11 is 0. The van der Waals surface area contributed by atoms with E-state index in [4.69, 9.17) is 0 Å². The number of aromatic nitrogens is 2. The van der Waals surface area contributed by atoms with E-state index in [9.17, 15) is 18.3 Å². The van der Waals surface area contributed by atoms with Crippen LogP contribution >= 0.6 is 0 Å². The first kappa shape index (κ1) is 22.3. The van der Waals surface area contributed by atoms with Crippen molar-refractivity contribution in [1.82, 2.24) is 9.97 Å². The Kier molecular flexibility index (Phi) is 8.06. The highest BCUT2D eigenvalue weighted by Crippen LogP contribution is 2.30. The summed E-state index contributed by atoms with van der Waals surface area (Å²) in [6.45, 7) is 7.09. The van der Waals surface area contributed by atoms with Crippen LogP contribution < -0.4 is 9.64 Å². The Hall–Kier alpha value is -2.79. The number of hydrogen-bond acceptors (Lipinski definition) is 5. The van der Waals surface area contributed by atoms with Gasteiger partial charge in [-0.15, -0.1) is 13.2 Å². The van der Waals surface area contributed by atoms with Crippen molar-refractivity contribution in [2.45, 2.75) is 40.7 Å². The minimum absolute atomic E-state index is 0.191. The highest BCUT2D eigenvalue weighted by atomic mass is 19.4. The maximum Gasteiger partial charge on any atom is 0.573 e. The van der Waals surface area contributed by atoms with Crippen LogP contribution in [-0.2, 0) is 6.61 Å². The molecule has 0 aliphatic rings. The second kappa shape index (κ2) is 9.78. The second-order valence-corrected chi connectivity index (χ2v) is 5.09. The second-order valence-electron chi connectivity index (χ2n) is 5.09. The zero-order valence-electron chi connectivity index (χ0n) is 15.8. The minimum Gasteiger partial charge on any atom is -0.406 e. The van der Waals surface area contributed by atoms with Crippen LogP contribution in [-0.4, -0.2) is 28.5 Å². The summed E-state index contributed by atoms with van der Waals surface area (Å²) in [6, 6.07) is 8.18. The van der Waals surface area contributed by atoms with E-state index in [0.29, 0.717) is 22.6 Å². The molecule has 0 aliphatic carbocycles. The fourth-order valence-corrected chi connectivity index (χ4v) is 2.26. The summed E-state index contributed by atoms with van der Waals surface area (Å²) < 4.78 is 40.6.